The fourth-order valence-corrected chi connectivity index (χ4v) is 3.00. The van der Waals surface area contributed by atoms with Crippen LogP contribution >= 0.6 is 11.6 Å². The third-order valence-corrected chi connectivity index (χ3v) is 4.40. The summed E-state index contributed by atoms with van der Waals surface area (Å²) in [6.45, 7) is 0. The summed E-state index contributed by atoms with van der Waals surface area (Å²) in [4.78, 5) is 12.3. The van der Waals surface area contributed by atoms with Gasteiger partial charge in [-0.2, -0.15) is 0 Å². The molecule has 0 radical (unpaired) electrons. The third-order valence-electron chi connectivity index (χ3n) is 3.89. The topological polar surface area (TPSA) is 58.6 Å². The molecule has 1 aliphatic rings. The van der Waals surface area contributed by atoms with Gasteiger partial charge in [0.25, 0.3) is 5.91 Å². The van der Waals surface area contributed by atoms with Crippen molar-refractivity contribution < 1.29 is 14.6 Å². The number of carbonyl (C=O) groups is 1. The highest BCUT2D eigenvalue weighted by Gasteiger charge is 2.33. The Kier molecular flexibility index (Phi) is 4.76. The molecular weight excluding hydrogens is 278 g/mol. The lowest BCUT2D eigenvalue weighted by Gasteiger charge is -2.36. The molecule has 4 nitrogen and oxygen atoms in total. The number of rotatable bonds is 4. The van der Waals surface area contributed by atoms with Crippen LogP contribution in [0.1, 0.15) is 42.5 Å². The van der Waals surface area contributed by atoms with Crippen molar-refractivity contribution in [3.8, 4) is 11.5 Å². The van der Waals surface area contributed by atoms with Gasteiger partial charge < -0.3 is 15.2 Å². The fourth-order valence-electron chi connectivity index (χ4n) is 2.66. The largest absolute Gasteiger partial charge is 0.504 e. The molecule has 0 spiro atoms. The zero-order valence-electron chi connectivity index (χ0n) is 11.6. The zero-order valence-corrected chi connectivity index (χ0v) is 12.4. The van der Waals surface area contributed by atoms with E-state index >= 15 is 0 Å². The number of halogens is 1. The third kappa shape index (κ3) is 3.18. The minimum atomic E-state index is -0.313. The second-order valence-corrected chi connectivity index (χ2v) is 5.58. The summed E-state index contributed by atoms with van der Waals surface area (Å²) in [6.07, 6.45) is 5.17. The number of benzene rings is 1. The van der Waals surface area contributed by atoms with E-state index in [1.165, 1.54) is 19.6 Å². The molecule has 2 N–H and O–H groups in total. The van der Waals surface area contributed by atoms with Gasteiger partial charge in [-0.1, -0.05) is 19.3 Å². The number of hydrogen-bond donors (Lipinski definition) is 2. The van der Waals surface area contributed by atoms with Gasteiger partial charge in [-0.3, -0.25) is 4.79 Å². The van der Waals surface area contributed by atoms with Gasteiger partial charge in [-0.15, -0.1) is 11.6 Å². The van der Waals surface area contributed by atoms with Gasteiger partial charge in [0.05, 0.1) is 12.6 Å². The van der Waals surface area contributed by atoms with Crippen molar-refractivity contribution in [1.82, 2.24) is 5.32 Å². The molecule has 0 aromatic heterocycles. The summed E-state index contributed by atoms with van der Waals surface area (Å²) in [7, 11) is 1.47. The normalized spacial score (nSPS) is 17.5. The SMILES string of the molecule is COc1ccc(C(=O)NC2(CCl)CCCCC2)cc1O. The van der Waals surface area contributed by atoms with Crippen LogP contribution < -0.4 is 10.1 Å². The molecule has 110 valence electrons. The van der Waals surface area contributed by atoms with E-state index in [1.54, 1.807) is 12.1 Å². The van der Waals surface area contributed by atoms with Crippen molar-refractivity contribution in [2.75, 3.05) is 13.0 Å². The van der Waals surface area contributed by atoms with E-state index in [9.17, 15) is 9.90 Å². The van der Waals surface area contributed by atoms with Crippen LogP contribution in [-0.2, 0) is 0 Å². The minimum Gasteiger partial charge on any atom is -0.504 e. The number of phenolic OH excluding ortho intramolecular Hbond substituents is 1. The van der Waals surface area contributed by atoms with Crippen LogP contribution in [0.15, 0.2) is 18.2 Å². The van der Waals surface area contributed by atoms with E-state index in [4.69, 9.17) is 16.3 Å². The van der Waals surface area contributed by atoms with Crippen LogP contribution in [-0.4, -0.2) is 29.5 Å². The number of alkyl halides is 1. The van der Waals surface area contributed by atoms with E-state index in [0.29, 0.717) is 17.2 Å². The molecule has 1 aliphatic carbocycles. The first kappa shape index (κ1) is 15.0. The summed E-state index contributed by atoms with van der Waals surface area (Å²) in [5.41, 5.74) is 0.102. The first-order chi connectivity index (χ1) is 9.60. The number of nitrogens with one attached hydrogen (secondary N) is 1. The molecule has 0 bridgehead atoms. The second-order valence-electron chi connectivity index (χ2n) is 5.32. The monoisotopic (exact) mass is 297 g/mol. The summed E-state index contributed by atoms with van der Waals surface area (Å²) in [6, 6.07) is 4.63. The fraction of sp³-hybridized carbons (Fsp3) is 0.533. The molecule has 0 saturated heterocycles. The molecule has 20 heavy (non-hydrogen) atoms. The molecule has 0 heterocycles. The van der Waals surface area contributed by atoms with Crippen LogP contribution in [0.25, 0.3) is 0 Å². The van der Waals surface area contributed by atoms with Gasteiger partial charge >= 0.3 is 0 Å². The Balaban J connectivity index is 2.12. The number of aromatic hydroxyl groups is 1. The smallest absolute Gasteiger partial charge is 0.251 e. The second kappa shape index (κ2) is 6.35. The van der Waals surface area contributed by atoms with Gasteiger partial charge in [0.2, 0.25) is 0 Å². The van der Waals surface area contributed by atoms with Crippen LogP contribution in [0.5, 0.6) is 11.5 Å². The Morgan fingerprint density at radius 1 is 1.40 bits per heavy atom. The lowest BCUT2D eigenvalue weighted by Crippen LogP contribution is -2.51. The van der Waals surface area contributed by atoms with E-state index in [1.807, 2.05) is 0 Å². The van der Waals surface area contributed by atoms with Crippen molar-refractivity contribution in [3.05, 3.63) is 23.8 Å². The average Bonchev–Trinajstić information content (AvgIpc) is 2.48. The number of amides is 1. The lowest BCUT2D eigenvalue weighted by molar-refractivity contribution is 0.0884. The molecule has 2 rings (SSSR count). The van der Waals surface area contributed by atoms with Crippen molar-refractivity contribution in [2.45, 2.75) is 37.6 Å². The Morgan fingerprint density at radius 3 is 2.65 bits per heavy atom. The first-order valence-electron chi connectivity index (χ1n) is 6.86. The first-order valence-corrected chi connectivity index (χ1v) is 7.39. The van der Waals surface area contributed by atoms with Crippen LogP contribution in [0.2, 0.25) is 0 Å². The lowest BCUT2D eigenvalue weighted by atomic mass is 9.83. The summed E-state index contributed by atoms with van der Waals surface area (Å²) < 4.78 is 4.97. The molecular formula is C15H20ClNO3. The van der Waals surface area contributed by atoms with Gasteiger partial charge in [-0.25, -0.2) is 0 Å². The maximum Gasteiger partial charge on any atom is 0.251 e. The highest BCUT2D eigenvalue weighted by molar-refractivity contribution is 6.19. The molecule has 0 unspecified atom stereocenters. The van der Waals surface area contributed by atoms with Crippen LogP contribution in [0.4, 0.5) is 0 Å². The number of hydrogen-bond acceptors (Lipinski definition) is 3. The number of ether oxygens (including phenoxy) is 1. The van der Waals surface area contributed by atoms with E-state index < -0.39 is 0 Å². The highest BCUT2D eigenvalue weighted by Crippen LogP contribution is 2.30. The molecule has 1 amide bonds. The molecule has 1 aromatic carbocycles. The molecule has 0 aliphatic heterocycles. The summed E-state index contributed by atoms with van der Waals surface area (Å²) >= 11 is 6.06. The molecule has 5 heteroatoms. The van der Waals surface area contributed by atoms with Crippen molar-refractivity contribution in [2.24, 2.45) is 0 Å². The average molecular weight is 298 g/mol. The predicted octanol–water partition coefficient (Wildman–Crippen LogP) is 3.07. The van der Waals surface area contributed by atoms with Gasteiger partial charge in [0, 0.05) is 11.4 Å². The Hall–Kier alpha value is -1.42. The highest BCUT2D eigenvalue weighted by atomic mass is 35.5. The quantitative estimate of drug-likeness (QED) is 0.840. The van der Waals surface area contributed by atoms with Crippen LogP contribution in [0.3, 0.4) is 0 Å². The minimum absolute atomic E-state index is 0.0382. The molecule has 0 atom stereocenters. The maximum atomic E-state index is 12.3. The van der Waals surface area contributed by atoms with Gasteiger partial charge in [0.15, 0.2) is 11.5 Å². The molecule has 1 saturated carbocycles. The van der Waals surface area contributed by atoms with Crippen LogP contribution in [0, 0.1) is 0 Å². The van der Waals surface area contributed by atoms with Crippen molar-refractivity contribution >= 4 is 17.5 Å². The van der Waals surface area contributed by atoms with Gasteiger partial charge in [0.1, 0.15) is 0 Å². The summed E-state index contributed by atoms with van der Waals surface area (Å²) in [5, 5.41) is 12.8. The predicted molar refractivity (Wildman–Crippen MR) is 78.7 cm³/mol. The van der Waals surface area contributed by atoms with Gasteiger partial charge in [-0.05, 0) is 31.0 Å². The Labute approximate surface area is 124 Å². The van der Waals surface area contributed by atoms with E-state index in [2.05, 4.69) is 5.32 Å². The Bertz CT molecular complexity index is 484. The van der Waals surface area contributed by atoms with E-state index in [-0.39, 0.29) is 17.2 Å². The zero-order chi connectivity index (χ0) is 14.6. The summed E-state index contributed by atoms with van der Waals surface area (Å²) in [5.74, 6) is 0.529. The number of carbonyl (C=O) groups excluding carboxylic acids is 1. The number of methoxy groups -OCH3 is 1. The van der Waals surface area contributed by atoms with Crippen molar-refractivity contribution in [1.29, 1.82) is 0 Å². The maximum absolute atomic E-state index is 12.3. The molecule has 1 fully saturated rings. The molecule has 1 aromatic rings. The Morgan fingerprint density at radius 2 is 2.10 bits per heavy atom. The van der Waals surface area contributed by atoms with Crippen molar-refractivity contribution in [3.63, 3.8) is 0 Å². The standard InChI is InChI=1S/C15H20ClNO3/c1-20-13-6-5-11(9-12(13)18)14(19)17-15(10-16)7-3-2-4-8-15/h5-6,9,18H,2-4,7-8,10H2,1H3,(H,17,19). The van der Waals surface area contributed by atoms with E-state index in [0.717, 1.165) is 25.7 Å². The number of phenols is 1.